The Morgan fingerprint density at radius 3 is 2.50 bits per heavy atom. The standard InChI is InChI=1S/C14H22N4O.3ClH/c1-17-7-8-18(2)11(10-17)9-16-14(19)12-5-3-4-6-13(12)15;;;/h3-6,11H,7-10,15H2,1-2H3,(H,16,19);3*1H. The van der Waals surface area contributed by atoms with Crippen molar-refractivity contribution in [2.45, 2.75) is 6.04 Å². The van der Waals surface area contributed by atoms with Crippen LogP contribution in [-0.2, 0) is 0 Å². The van der Waals surface area contributed by atoms with E-state index in [0.717, 1.165) is 19.6 Å². The topological polar surface area (TPSA) is 61.6 Å². The summed E-state index contributed by atoms with van der Waals surface area (Å²) in [4.78, 5) is 16.6. The van der Waals surface area contributed by atoms with Gasteiger partial charge in [0.15, 0.2) is 0 Å². The molecule has 0 saturated carbocycles. The number of nitrogens with zero attached hydrogens (tertiary/aromatic N) is 2. The molecule has 2 rings (SSSR count). The fraction of sp³-hybridized carbons (Fsp3) is 0.500. The van der Waals surface area contributed by atoms with Crippen molar-refractivity contribution in [3.8, 4) is 0 Å². The highest BCUT2D eigenvalue weighted by atomic mass is 35.5. The third-order valence-electron chi connectivity index (χ3n) is 3.68. The number of likely N-dealkylation sites (N-methyl/N-ethyl adjacent to an activating group) is 2. The predicted octanol–water partition coefficient (Wildman–Crippen LogP) is 1.51. The van der Waals surface area contributed by atoms with Gasteiger partial charge in [-0.1, -0.05) is 12.1 Å². The number of halogens is 3. The number of nitrogen functional groups attached to an aromatic ring is 1. The average molecular weight is 372 g/mol. The quantitative estimate of drug-likeness (QED) is 0.791. The number of hydrogen-bond donors (Lipinski definition) is 2. The maximum absolute atomic E-state index is 12.1. The normalized spacial score (nSPS) is 18.4. The molecule has 0 radical (unpaired) electrons. The summed E-state index contributed by atoms with van der Waals surface area (Å²) >= 11 is 0. The van der Waals surface area contributed by atoms with E-state index in [4.69, 9.17) is 5.73 Å². The zero-order valence-electron chi connectivity index (χ0n) is 12.8. The molecule has 1 amide bonds. The molecule has 0 aromatic heterocycles. The highest BCUT2D eigenvalue weighted by molar-refractivity contribution is 5.99. The molecular weight excluding hydrogens is 347 g/mol. The van der Waals surface area contributed by atoms with Crippen molar-refractivity contribution in [1.29, 1.82) is 0 Å². The number of carbonyl (C=O) groups excluding carboxylic acids is 1. The van der Waals surface area contributed by atoms with Gasteiger partial charge in [0.1, 0.15) is 0 Å². The van der Waals surface area contributed by atoms with Crippen LogP contribution in [-0.4, -0.2) is 62.0 Å². The molecule has 1 aliphatic heterocycles. The first-order valence-corrected chi connectivity index (χ1v) is 6.59. The Kier molecular flexibility index (Phi) is 11.7. The van der Waals surface area contributed by atoms with E-state index in [0.29, 0.717) is 23.8 Å². The third kappa shape index (κ3) is 6.18. The summed E-state index contributed by atoms with van der Waals surface area (Å²) < 4.78 is 0. The molecule has 0 aliphatic carbocycles. The molecule has 22 heavy (non-hydrogen) atoms. The van der Waals surface area contributed by atoms with Crippen molar-refractivity contribution in [2.75, 3.05) is 46.0 Å². The Bertz CT molecular complexity index is 461. The fourth-order valence-electron chi connectivity index (χ4n) is 2.33. The number of piperazine rings is 1. The SMILES string of the molecule is CN1CCN(C)C(CNC(=O)c2ccccc2N)C1.Cl.Cl.Cl. The molecule has 8 heteroatoms. The van der Waals surface area contributed by atoms with Crippen molar-refractivity contribution in [3.05, 3.63) is 29.8 Å². The number of para-hydroxylation sites is 1. The summed E-state index contributed by atoms with van der Waals surface area (Å²) in [5.74, 6) is -0.0975. The highest BCUT2D eigenvalue weighted by Crippen LogP contribution is 2.10. The maximum Gasteiger partial charge on any atom is 0.253 e. The first-order valence-electron chi connectivity index (χ1n) is 6.59. The summed E-state index contributed by atoms with van der Waals surface area (Å²) in [6.07, 6.45) is 0. The molecular formula is C14H25Cl3N4O. The van der Waals surface area contributed by atoms with Gasteiger partial charge in [0.25, 0.3) is 5.91 Å². The van der Waals surface area contributed by atoms with Gasteiger partial charge in [-0.15, -0.1) is 37.2 Å². The van der Waals surface area contributed by atoms with Crippen molar-refractivity contribution < 1.29 is 4.79 Å². The molecule has 1 unspecified atom stereocenters. The summed E-state index contributed by atoms with van der Waals surface area (Å²) in [5.41, 5.74) is 6.87. The van der Waals surface area contributed by atoms with Crippen LogP contribution in [0.4, 0.5) is 5.69 Å². The zero-order valence-corrected chi connectivity index (χ0v) is 15.3. The Morgan fingerprint density at radius 1 is 1.23 bits per heavy atom. The zero-order chi connectivity index (χ0) is 13.8. The average Bonchev–Trinajstić information content (AvgIpc) is 2.40. The fourth-order valence-corrected chi connectivity index (χ4v) is 2.33. The predicted molar refractivity (Wildman–Crippen MR) is 98.8 cm³/mol. The molecule has 1 fully saturated rings. The van der Waals surface area contributed by atoms with Gasteiger partial charge in [0.2, 0.25) is 0 Å². The van der Waals surface area contributed by atoms with Crippen molar-refractivity contribution in [3.63, 3.8) is 0 Å². The third-order valence-corrected chi connectivity index (χ3v) is 3.68. The molecule has 1 heterocycles. The smallest absolute Gasteiger partial charge is 0.253 e. The van der Waals surface area contributed by atoms with Gasteiger partial charge in [-0.25, -0.2) is 0 Å². The Morgan fingerprint density at radius 2 is 1.86 bits per heavy atom. The molecule has 0 spiro atoms. The van der Waals surface area contributed by atoms with Crippen LogP contribution in [0.15, 0.2) is 24.3 Å². The van der Waals surface area contributed by atoms with Crippen LogP contribution in [0, 0.1) is 0 Å². The summed E-state index contributed by atoms with van der Waals surface area (Å²) in [6.45, 7) is 3.73. The van der Waals surface area contributed by atoms with Gasteiger partial charge >= 0.3 is 0 Å². The van der Waals surface area contributed by atoms with Crippen LogP contribution in [0.1, 0.15) is 10.4 Å². The van der Waals surface area contributed by atoms with Crippen LogP contribution in [0.2, 0.25) is 0 Å². The van der Waals surface area contributed by atoms with Crippen molar-refractivity contribution in [1.82, 2.24) is 15.1 Å². The Labute approximate surface area is 150 Å². The number of nitrogens with two attached hydrogens (primary N) is 1. The number of benzene rings is 1. The Hall–Kier alpha value is -0.720. The van der Waals surface area contributed by atoms with Crippen LogP contribution in [0.5, 0.6) is 0 Å². The number of carbonyl (C=O) groups is 1. The number of nitrogens with one attached hydrogen (secondary N) is 1. The lowest BCUT2D eigenvalue weighted by Gasteiger charge is -2.37. The van der Waals surface area contributed by atoms with Crippen molar-refractivity contribution in [2.24, 2.45) is 0 Å². The van der Waals surface area contributed by atoms with Crippen molar-refractivity contribution >= 4 is 48.8 Å². The lowest BCUT2D eigenvalue weighted by Crippen LogP contribution is -2.54. The maximum atomic E-state index is 12.1. The summed E-state index contributed by atoms with van der Waals surface area (Å²) in [6, 6.07) is 7.51. The van der Waals surface area contributed by atoms with E-state index < -0.39 is 0 Å². The molecule has 128 valence electrons. The molecule has 1 aromatic rings. The lowest BCUT2D eigenvalue weighted by molar-refractivity contribution is 0.0882. The van der Waals surface area contributed by atoms with E-state index >= 15 is 0 Å². The van der Waals surface area contributed by atoms with E-state index in [9.17, 15) is 4.79 Å². The molecule has 1 aromatic carbocycles. The largest absolute Gasteiger partial charge is 0.398 e. The van der Waals surface area contributed by atoms with Gasteiger partial charge in [0, 0.05) is 37.9 Å². The van der Waals surface area contributed by atoms with Crippen LogP contribution < -0.4 is 11.1 Å². The summed E-state index contributed by atoms with van der Waals surface area (Å²) in [7, 11) is 4.21. The highest BCUT2D eigenvalue weighted by Gasteiger charge is 2.22. The van der Waals surface area contributed by atoms with E-state index in [1.165, 1.54) is 0 Å². The minimum atomic E-state index is -0.0975. The Balaban J connectivity index is 0. The first-order chi connectivity index (χ1) is 9.08. The second-order valence-electron chi connectivity index (χ2n) is 5.19. The minimum Gasteiger partial charge on any atom is -0.398 e. The molecule has 3 N–H and O–H groups in total. The van der Waals surface area contributed by atoms with Crippen LogP contribution >= 0.6 is 37.2 Å². The molecule has 1 atom stereocenters. The second-order valence-corrected chi connectivity index (χ2v) is 5.19. The number of amides is 1. The van der Waals surface area contributed by atoms with E-state index in [-0.39, 0.29) is 43.1 Å². The van der Waals surface area contributed by atoms with E-state index in [1.54, 1.807) is 12.1 Å². The van der Waals surface area contributed by atoms with Crippen LogP contribution in [0.3, 0.4) is 0 Å². The van der Waals surface area contributed by atoms with Gasteiger partial charge < -0.3 is 16.0 Å². The number of hydrogen-bond acceptors (Lipinski definition) is 4. The number of rotatable bonds is 3. The molecule has 1 saturated heterocycles. The molecule has 5 nitrogen and oxygen atoms in total. The van der Waals surface area contributed by atoms with Gasteiger partial charge in [-0.05, 0) is 26.2 Å². The van der Waals surface area contributed by atoms with Crippen LogP contribution in [0.25, 0.3) is 0 Å². The lowest BCUT2D eigenvalue weighted by atomic mass is 10.1. The van der Waals surface area contributed by atoms with E-state index in [2.05, 4.69) is 29.2 Å². The molecule has 0 bridgehead atoms. The first kappa shape index (κ1) is 23.5. The van der Waals surface area contributed by atoms with Gasteiger partial charge in [-0.3, -0.25) is 9.69 Å². The van der Waals surface area contributed by atoms with Gasteiger partial charge in [-0.2, -0.15) is 0 Å². The van der Waals surface area contributed by atoms with E-state index in [1.807, 2.05) is 12.1 Å². The monoisotopic (exact) mass is 370 g/mol. The summed E-state index contributed by atoms with van der Waals surface area (Å²) in [5, 5.41) is 2.97. The minimum absolute atomic E-state index is 0. The molecule has 1 aliphatic rings. The number of anilines is 1. The van der Waals surface area contributed by atoms with Gasteiger partial charge in [0.05, 0.1) is 5.56 Å². The second kappa shape index (κ2) is 10.9.